The van der Waals surface area contributed by atoms with Crippen molar-refractivity contribution in [3.8, 4) is 0 Å². The van der Waals surface area contributed by atoms with Crippen LogP contribution in [0.25, 0.3) is 0 Å². The van der Waals surface area contributed by atoms with E-state index in [9.17, 15) is 4.79 Å². The van der Waals surface area contributed by atoms with Crippen molar-refractivity contribution in [3.63, 3.8) is 0 Å². The average molecular weight is 285 g/mol. The molecule has 0 saturated carbocycles. The van der Waals surface area contributed by atoms with Gasteiger partial charge in [0.2, 0.25) is 0 Å². The van der Waals surface area contributed by atoms with Crippen molar-refractivity contribution in [2.75, 3.05) is 19.7 Å². The maximum absolute atomic E-state index is 11.9. The fraction of sp³-hybridized carbons (Fsp3) is 0.692. The summed E-state index contributed by atoms with van der Waals surface area (Å²) in [6, 6.07) is 0. The number of aliphatic hydroxyl groups excluding tert-OH is 1. The first-order valence-corrected chi connectivity index (χ1v) is 7.40. The van der Waals surface area contributed by atoms with Crippen LogP contribution in [-0.2, 0) is 6.42 Å². The summed E-state index contributed by atoms with van der Waals surface area (Å²) >= 11 is 1.46. The van der Waals surface area contributed by atoms with Crippen LogP contribution in [0.2, 0.25) is 0 Å². The predicted octanol–water partition coefficient (Wildman–Crippen LogP) is 1.17. The van der Waals surface area contributed by atoms with E-state index in [0.717, 1.165) is 17.8 Å². The van der Waals surface area contributed by atoms with Gasteiger partial charge in [0.05, 0.1) is 5.01 Å². The number of aromatic nitrogens is 1. The molecule has 6 heteroatoms. The predicted molar refractivity (Wildman–Crippen MR) is 77.3 cm³/mol. The zero-order chi connectivity index (χ0) is 14.3. The summed E-state index contributed by atoms with van der Waals surface area (Å²) in [5.41, 5.74) is 5.90. The van der Waals surface area contributed by atoms with Gasteiger partial charge in [0, 0.05) is 25.0 Å². The lowest BCUT2D eigenvalue weighted by atomic mass is 9.88. The molecule has 0 aliphatic rings. The lowest BCUT2D eigenvalue weighted by molar-refractivity contribution is 0.0928. The molecule has 0 spiro atoms. The van der Waals surface area contributed by atoms with Crippen molar-refractivity contribution in [3.05, 3.63) is 16.1 Å². The number of rotatable bonds is 8. The second-order valence-corrected chi connectivity index (χ2v) is 6.28. The van der Waals surface area contributed by atoms with Crippen molar-refractivity contribution in [1.82, 2.24) is 10.3 Å². The molecule has 1 aromatic heterocycles. The van der Waals surface area contributed by atoms with Crippen molar-refractivity contribution in [1.29, 1.82) is 0 Å². The Morgan fingerprint density at radius 2 is 2.32 bits per heavy atom. The molecule has 1 heterocycles. The van der Waals surface area contributed by atoms with Gasteiger partial charge in [-0.2, -0.15) is 0 Å². The number of thiazole rings is 1. The summed E-state index contributed by atoms with van der Waals surface area (Å²) in [5, 5.41) is 14.4. The number of nitrogens with two attached hydrogens (primary N) is 1. The van der Waals surface area contributed by atoms with E-state index in [1.807, 2.05) is 0 Å². The lowest BCUT2D eigenvalue weighted by Gasteiger charge is -2.24. The molecule has 1 amide bonds. The highest BCUT2D eigenvalue weighted by Gasteiger charge is 2.19. The van der Waals surface area contributed by atoms with Crippen LogP contribution in [0.3, 0.4) is 0 Å². The molecule has 0 atom stereocenters. The van der Waals surface area contributed by atoms with Crippen LogP contribution >= 0.6 is 11.3 Å². The molecule has 0 radical (unpaired) electrons. The Morgan fingerprint density at radius 3 is 2.95 bits per heavy atom. The van der Waals surface area contributed by atoms with Gasteiger partial charge in [-0.05, 0) is 24.8 Å². The SMILES string of the molecule is CC(C)(CCCO)CNC(=O)c1csc(CCN)n1. The zero-order valence-corrected chi connectivity index (χ0v) is 12.4. The van der Waals surface area contributed by atoms with Crippen molar-refractivity contribution in [2.24, 2.45) is 11.1 Å². The van der Waals surface area contributed by atoms with E-state index in [1.165, 1.54) is 11.3 Å². The lowest BCUT2D eigenvalue weighted by Crippen LogP contribution is -2.34. The molecule has 0 aromatic carbocycles. The summed E-state index contributed by atoms with van der Waals surface area (Å²) in [4.78, 5) is 16.2. The smallest absolute Gasteiger partial charge is 0.270 e. The minimum absolute atomic E-state index is 0.0193. The van der Waals surface area contributed by atoms with Crippen LogP contribution in [0.5, 0.6) is 0 Å². The fourth-order valence-corrected chi connectivity index (χ4v) is 2.50. The molecule has 0 bridgehead atoms. The van der Waals surface area contributed by atoms with Gasteiger partial charge in [0.1, 0.15) is 5.69 Å². The van der Waals surface area contributed by atoms with Gasteiger partial charge in [-0.25, -0.2) is 4.98 Å². The highest BCUT2D eigenvalue weighted by atomic mass is 32.1. The monoisotopic (exact) mass is 285 g/mol. The summed E-state index contributed by atoms with van der Waals surface area (Å²) in [5.74, 6) is -0.142. The molecular weight excluding hydrogens is 262 g/mol. The Morgan fingerprint density at radius 1 is 1.58 bits per heavy atom. The third-order valence-electron chi connectivity index (χ3n) is 2.88. The van der Waals surface area contributed by atoms with Gasteiger partial charge < -0.3 is 16.2 Å². The highest BCUT2D eigenvalue weighted by Crippen LogP contribution is 2.21. The first-order chi connectivity index (χ1) is 8.98. The minimum Gasteiger partial charge on any atom is -0.396 e. The van der Waals surface area contributed by atoms with Gasteiger partial charge >= 0.3 is 0 Å². The number of carbonyl (C=O) groups excluding carboxylic acids is 1. The number of carbonyl (C=O) groups is 1. The number of nitrogens with zero attached hydrogens (tertiary/aromatic N) is 1. The Hall–Kier alpha value is -0.980. The second kappa shape index (κ2) is 7.57. The van der Waals surface area contributed by atoms with Crippen molar-refractivity contribution in [2.45, 2.75) is 33.1 Å². The highest BCUT2D eigenvalue weighted by molar-refractivity contribution is 7.09. The molecule has 0 unspecified atom stereocenters. The quantitative estimate of drug-likeness (QED) is 0.669. The normalized spacial score (nSPS) is 11.6. The Kier molecular flexibility index (Phi) is 6.41. The molecular formula is C13H23N3O2S. The molecule has 1 rings (SSSR count). The molecule has 1 aromatic rings. The van der Waals surface area contributed by atoms with E-state index in [1.54, 1.807) is 5.38 Å². The number of hydrogen-bond acceptors (Lipinski definition) is 5. The van der Waals surface area contributed by atoms with Gasteiger partial charge in [0.15, 0.2) is 0 Å². The second-order valence-electron chi connectivity index (χ2n) is 5.34. The maximum atomic E-state index is 11.9. The standard InChI is InChI=1S/C13H23N3O2S/c1-13(2,5-3-7-17)9-15-12(18)10-8-19-11(16-10)4-6-14/h8,17H,3-7,9,14H2,1-2H3,(H,15,18). The van der Waals surface area contributed by atoms with E-state index in [4.69, 9.17) is 10.8 Å². The third-order valence-corrected chi connectivity index (χ3v) is 3.79. The number of amides is 1. The van der Waals surface area contributed by atoms with Crippen LogP contribution in [-0.4, -0.2) is 35.7 Å². The summed E-state index contributed by atoms with van der Waals surface area (Å²) in [6.45, 7) is 5.46. The Balaban J connectivity index is 2.45. The number of hydrogen-bond donors (Lipinski definition) is 3. The van der Waals surface area contributed by atoms with E-state index < -0.39 is 0 Å². The van der Waals surface area contributed by atoms with Crippen LogP contribution < -0.4 is 11.1 Å². The summed E-state index contributed by atoms with van der Waals surface area (Å²) in [6.07, 6.45) is 2.33. The number of aliphatic hydroxyl groups is 1. The van der Waals surface area contributed by atoms with Gasteiger partial charge in [-0.1, -0.05) is 13.8 Å². The van der Waals surface area contributed by atoms with Crippen molar-refractivity contribution >= 4 is 17.2 Å². The molecule has 108 valence electrons. The zero-order valence-electron chi connectivity index (χ0n) is 11.6. The number of nitrogens with one attached hydrogen (secondary N) is 1. The largest absolute Gasteiger partial charge is 0.396 e. The van der Waals surface area contributed by atoms with E-state index in [0.29, 0.717) is 25.2 Å². The fourth-order valence-electron chi connectivity index (χ4n) is 1.71. The van der Waals surface area contributed by atoms with Gasteiger partial charge in [-0.3, -0.25) is 4.79 Å². The topological polar surface area (TPSA) is 88.2 Å². The molecule has 0 aliphatic heterocycles. The first-order valence-electron chi connectivity index (χ1n) is 6.52. The molecule has 4 N–H and O–H groups in total. The summed E-state index contributed by atoms with van der Waals surface area (Å²) in [7, 11) is 0. The van der Waals surface area contributed by atoms with Gasteiger partial charge in [-0.15, -0.1) is 11.3 Å². The van der Waals surface area contributed by atoms with Crippen LogP contribution in [0.15, 0.2) is 5.38 Å². The first kappa shape index (κ1) is 16.1. The average Bonchev–Trinajstić information content (AvgIpc) is 2.83. The van der Waals surface area contributed by atoms with Crippen molar-refractivity contribution < 1.29 is 9.90 Å². The Labute approximate surface area is 118 Å². The van der Waals surface area contributed by atoms with E-state index >= 15 is 0 Å². The molecule has 0 saturated heterocycles. The van der Waals surface area contributed by atoms with E-state index in [-0.39, 0.29) is 17.9 Å². The molecule has 0 fully saturated rings. The van der Waals surface area contributed by atoms with Crippen LogP contribution in [0.4, 0.5) is 0 Å². The summed E-state index contributed by atoms with van der Waals surface area (Å²) < 4.78 is 0. The van der Waals surface area contributed by atoms with Crippen LogP contribution in [0, 0.1) is 5.41 Å². The minimum atomic E-state index is -0.142. The Bertz CT molecular complexity index is 404. The third kappa shape index (κ3) is 5.67. The van der Waals surface area contributed by atoms with E-state index in [2.05, 4.69) is 24.1 Å². The molecule has 5 nitrogen and oxygen atoms in total. The van der Waals surface area contributed by atoms with Gasteiger partial charge in [0.25, 0.3) is 5.91 Å². The maximum Gasteiger partial charge on any atom is 0.270 e. The molecule has 19 heavy (non-hydrogen) atoms. The van der Waals surface area contributed by atoms with Crippen LogP contribution in [0.1, 0.15) is 42.2 Å². The molecule has 0 aliphatic carbocycles.